The summed E-state index contributed by atoms with van der Waals surface area (Å²) < 4.78 is 10.3. The molecule has 3 nitrogen and oxygen atoms in total. The highest BCUT2D eigenvalue weighted by atomic mass is 16.7. The maximum absolute atomic E-state index is 11.8. The number of benzene rings is 3. The summed E-state index contributed by atoms with van der Waals surface area (Å²) in [6.07, 6.45) is 1.11. The van der Waals surface area contributed by atoms with E-state index >= 15 is 0 Å². The van der Waals surface area contributed by atoms with E-state index < -0.39 is 6.16 Å². The summed E-state index contributed by atoms with van der Waals surface area (Å²) in [5, 5.41) is 4.13. The monoisotopic (exact) mass is 308 g/mol. The van der Waals surface area contributed by atoms with E-state index in [0.717, 1.165) is 39.9 Å². The molecule has 118 valence electrons. The fourth-order valence-electron chi connectivity index (χ4n) is 3.12. The van der Waals surface area contributed by atoms with Crippen LogP contribution in [0.5, 0.6) is 5.75 Å². The van der Waals surface area contributed by atoms with Gasteiger partial charge in [-0.15, -0.1) is 0 Å². The molecular weight excluding hydrogens is 288 g/mol. The Morgan fingerprint density at radius 2 is 1.65 bits per heavy atom. The number of carbonyl (C=O) groups is 1. The van der Waals surface area contributed by atoms with Crippen LogP contribution in [0.1, 0.15) is 25.0 Å². The second kappa shape index (κ2) is 6.29. The van der Waals surface area contributed by atoms with Gasteiger partial charge in [-0.05, 0) is 40.8 Å². The van der Waals surface area contributed by atoms with Crippen molar-refractivity contribution < 1.29 is 14.3 Å². The summed E-state index contributed by atoms with van der Waals surface area (Å²) in [5.41, 5.74) is 2.39. The van der Waals surface area contributed by atoms with Gasteiger partial charge in [-0.25, -0.2) is 4.79 Å². The molecule has 0 spiro atoms. The molecule has 0 saturated heterocycles. The molecule has 0 atom stereocenters. The highest BCUT2D eigenvalue weighted by Crippen LogP contribution is 2.38. The van der Waals surface area contributed by atoms with Crippen LogP contribution in [0.3, 0.4) is 0 Å². The Hall–Kier alpha value is -2.55. The minimum absolute atomic E-state index is 0.595. The fraction of sp³-hybridized carbons (Fsp3) is 0.250. The van der Waals surface area contributed by atoms with Crippen molar-refractivity contribution in [2.24, 2.45) is 0 Å². The molecule has 0 aliphatic rings. The highest BCUT2D eigenvalue weighted by molar-refractivity contribution is 6.08. The lowest BCUT2D eigenvalue weighted by Gasteiger charge is -2.15. The number of hydrogen-bond acceptors (Lipinski definition) is 3. The van der Waals surface area contributed by atoms with Crippen LogP contribution in [0, 0.1) is 0 Å². The Labute approximate surface area is 135 Å². The SMILES string of the molecule is CCc1cccc2c(OC(=O)OC)c3c(CC)cccc3cc12. The first kappa shape index (κ1) is 15.3. The Morgan fingerprint density at radius 3 is 2.35 bits per heavy atom. The molecule has 3 aromatic rings. The van der Waals surface area contributed by atoms with E-state index in [4.69, 9.17) is 9.47 Å². The summed E-state index contributed by atoms with van der Waals surface area (Å²) in [4.78, 5) is 11.8. The van der Waals surface area contributed by atoms with Crippen LogP contribution >= 0.6 is 0 Å². The Morgan fingerprint density at radius 1 is 0.957 bits per heavy atom. The van der Waals surface area contributed by atoms with Crippen LogP contribution in [0.2, 0.25) is 0 Å². The summed E-state index contributed by atoms with van der Waals surface area (Å²) in [6.45, 7) is 4.23. The molecule has 0 saturated carbocycles. The minimum Gasteiger partial charge on any atom is -0.437 e. The minimum atomic E-state index is -0.688. The first-order valence-corrected chi connectivity index (χ1v) is 7.91. The molecule has 0 aliphatic heterocycles. The molecule has 0 bridgehead atoms. The van der Waals surface area contributed by atoms with Crippen molar-refractivity contribution in [2.45, 2.75) is 26.7 Å². The van der Waals surface area contributed by atoms with Gasteiger partial charge in [0.15, 0.2) is 0 Å². The average molecular weight is 308 g/mol. The molecule has 0 radical (unpaired) electrons. The smallest absolute Gasteiger partial charge is 0.437 e. The quantitative estimate of drug-likeness (QED) is 0.376. The third-order valence-electron chi connectivity index (χ3n) is 4.26. The normalized spacial score (nSPS) is 10.9. The molecule has 0 N–H and O–H groups in total. The second-order valence-corrected chi connectivity index (χ2v) is 5.50. The van der Waals surface area contributed by atoms with E-state index in [1.807, 2.05) is 18.2 Å². The predicted octanol–water partition coefficient (Wildman–Crippen LogP) is 5.26. The lowest BCUT2D eigenvalue weighted by Crippen LogP contribution is -2.08. The Balaban J connectivity index is 2.45. The van der Waals surface area contributed by atoms with Crippen LogP contribution in [-0.4, -0.2) is 13.3 Å². The Bertz CT molecular complexity index is 881. The Kier molecular flexibility index (Phi) is 4.20. The van der Waals surface area contributed by atoms with Crippen LogP contribution < -0.4 is 4.74 Å². The highest BCUT2D eigenvalue weighted by Gasteiger charge is 2.16. The van der Waals surface area contributed by atoms with E-state index in [9.17, 15) is 4.79 Å². The third-order valence-corrected chi connectivity index (χ3v) is 4.26. The zero-order chi connectivity index (χ0) is 16.4. The molecule has 0 amide bonds. The summed E-state index contributed by atoms with van der Waals surface area (Å²) in [5.74, 6) is 0.595. The van der Waals surface area contributed by atoms with Gasteiger partial charge >= 0.3 is 6.16 Å². The average Bonchev–Trinajstić information content (AvgIpc) is 2.60. The van der Waals surface area contributed by atoms with Crippen molar-refractivity contribution in [3.8, 4) is 5.75 Å². The van der Waals surface area contributed by atoms with Gasteiger partial charge in [0.1, 0.15) is 5.75 Å². The number of carbonyl (C=O) groups excluding carboxylic acids is 1. The molecule has 3 aromatic carbocycles. The maximum atomic E-state index is 11.8. The van der Waals surface area contributed by atoms with Crippen LogP contribution in [-0.2, 0) is 17.6 Å². The standard InChI is InChI=1S/C20H20O3/c1-4-13-8-7-11-16-17(13)12-15-10-6-9-14(5-2)18(15)19(16)23-20(21)22-3/h6-12H,4-5H2,1-3H3. The zero-order valence-corrected chi connectivity index (χ0v) is 13.7. The van der Waals surface area contributed by atoms with Gasteiger partial charge < -0.3 is 9.47 Å². The number of aryl methyl sites for hydroxylation is 2. The van der Waals surface area contributed by atoms with E-state index in [-0.39, 0.29) is 0 Å². The number of ether oxygens (including phenoxy) is 2. The van der Waals surface area contributed by atoms with Gasteiger partial charge in [-0.2, -0.15) is 0 Å². The van der Waals surface area contributed by atoms with Gasteiger partial charge in [0.2, 0.25) is 0 Å². The maximum Gasteiger partial charge on any atom is 0.513 e. The molecule has 23 heavy (non-hydrogen) atoms. The van der Waals surface area contributed by atoms with Gasteiger partial charge in [0.05, 0.1) is 7.11 Å². The van der Waals surface area contributed by atoms with Crippen LogP contribution in [0.25, 0.3) is 21.5 Å². The number of hydrogen-bond donors (Lipinski definition) is 0. The summed E-state index contributed by atoms with van der Waals surface area (Å²) in [7, 11) is 1.33. The van der Waals surface area contributed by atoms with E-state index in [1.54, 1.807) is 0 Å². The largest absolute Gasteiger partial charge is 0.513 e. The van der Waals surface area contributed by atoms with Crippen molar-refractivity contribution in [3.63, 3.8) is 0 Å². The second-order valence-electron chi connectivity index (χ2n) is 5.50. The lowest BCUT2D eigenvalue weighted by molar-refractivity contribution is 0.122. The van der Waals surface area contributed by atoms with Gasteiger partial charge in [-0.3, -0.25) is 0 Å². The first-order chi connectivity index (χ1) is 11.2. The summed E-state index contributed by atoms with van der Waals surface area (Å²) in [6, 6.07) is 14.5. The van der Waals surface area contributed by atoms with Crippen LogP contribution in [0.15, 0.2) is 42.5 Å². The first-order valence-electron chi connectivity index (χ1n) is 7.91. The lowest BCUT2D eigenvalue weighted by atomic mass is 9.94. The topological polar surface area (TPSA) is 35.5 Å². The molecule has 0 fully saturated rings. The third kappa shape index (κ3) is 2.63. The van der Waals surface area contributed by atoms with Gasteiger partial charge in [0.25, 0.3) is 0 Å². The molecular formula is C20H20O3. The van der Waals surface area contributed by atoms with Crippen molar-refractivity contribution in [3.05, 3.63) is 53.6 Å². The number of rotatable bonds is 3. The molecule has 3 heteroatoms. The fourth-order valence-corrected chi connectivity index (χ4v) is 3.12. The number of methoxy groups -OCH3 is 1. The molecule has 0 aliphatic carbocycles. The van der Waals surface area contributed by atoms with Crippen molar-refractivity contribution in [1.82, 2.24) is 0 Å². The van der Waals surface area contributed by atoms with E-state index in [2.05, 4.69) is 38.1 Å². The zero-order valence-electron chi connectivity index (χ0n) is 13.7. The van der Waals surface area contributed by atoms with Crippen molar-refractivity contribution in [1.29, 1.82) is 0 Å². The predicted molar refractivity (Wildman–Crippen MR) is 93.2 cm³/mol. The van der Waals surface area contributed by atoms with Crippen molar-refractivity contribution in [2.75, 3.05) is 7.11 Å². The summed E-state index contributed by atoms with van der Waals surface area (Å²) >= 11 is 0. The molecule has 3 rings (SSSR count). The molecule has 0 aromatic heterocycles. The van der Waals surface area contributed by atoms with Crippen molar-refractivity contribution >= 4 is 27.7 Å². The van der Waals surface area contributed by atoms with Gasteiger partial charge in [0, 0.05) is 10.8 Å². The number of fused-ring (bicyclic) bond motifs is 2. The van der Waals surface area contributed by atoms with E-state index in [0.29, 0.717) is 5.75 Å². The van der Waals surface area contributed by atoms with Crippen LogP contribution in [0.4, 0.5) is 4.79 Å². The van der Waals surface area contributed by atoms with Gasteiger partial charge in [-0.1, -0.05) is 50.2 Å². The van der Waals surface area contributed by atoms with E-state index in [1.165, 1.54) is 12.7 Å². The molecule has 0 heterocycles. The molecule has 0 unspecified atom stereocenters.